The summed E-state index contributed by atoms with van der Waals surface area (Å²) in [7, 11) is -3.75. The van der Waals surface area contributed by atoms with Gasteiger partial charge in [0.15, 0.2) is 5.03 Å². The Kier molecular flexibility index (Phi) is 4.41. The Balaban J connectivity index is 2.20. The molecule has 8 nitrogen and oxygen atoms in total. The minimum absolute atomic E-state index is 0.0317. The molecule has 9 heteroatoms. The van der Waals surface area contributed by atoms with Crippen LogP contribution in [0.15, 0.2) is 23.6 Å². The van der Waals surface area contributed by atoms with Crippen molar-refractivity contribution in [3.8, 4) is 6.01 Å². The number of hydrogen-bond donors (Lipinski definition) is 1. The fourth-order valence-corrected chi connectivity index (χ4v) is 2.75. The van der Waals surface area contributed by atoms with Gasteiger partial charge in [0.25, 0.3) is 10.0 Å². The van der Waals surface area contributed by atoms with E-state index in [1.807, 2.05) is 13.8 Å². The Morgan fingerprint density at radius 2 is 1.95 bits per heavy atom. The van der Waals surface area contributed by atoms with Crippen molar-refractivity contribution >= 4 is 15.7 Å². The average molecular weight is 311 g/mol. The molecule has 0 unspecified atom stereocenters. The van der Waals surface area contributed by atoms with Gasteiger partial charge in [-0.15, -0.1) is 0 Å². The van der Waals surface area contributed by atoms with E-state index in [4.69, 9.17) is 4.74 Å². The highest BCUT2D eigenvalue weighted by atomic mass is 32.2. The Morgan fingerprint density at radius 3 is 2.48 bits per heavy atom. The highest BCUT2D eigenvalue weighted by molar-refractivity contribution is 7.92. The third-order valence-electron chi connectivity index (χ3n) is 2.72. The van der Waals surface area contributed by atoms with Crippen LogP contribution in [0.3, 0.4) is 0 Å². The van der Waals surface area contributed by atoms with Gasteiger partial charge in [-0.05, 0) is 20.8 Å². The second-order valence-electron chi connectivity index (χ2n) is 4.21. The third kappa shape index (κ3) is 3.48. The van der Waals surface area contributed by atoms with E-state index < -0.39 is 10.0 Å². The van der Waals surface area contributed by atoms with Gasteiger partial charge < -0.3 is 9.30 Å². The number of ether oxygens (including phenoxy) is 1. The minimum Gasteiger partial charge on any atom is -0.464 e. The van der Waals surface area contributed by atoms with E-state index in [2.05, 4.69) is 19.7 Å². The molecule has 0 spiro atoms. The predicted molar refractivity (Wildman–Crippen MR) is 76.6 cm³/mol. The first-order valence-electron chi connectivity index (χ1n) is 6.47. The number of sulfonamides is 1. The van der Waals surface area contributed by atoms with Crippen LogP contribution in [-0.4, -0.2) is 34.5 Å². The van der Waals surface area contributed by atoms with Gasteiger partial charge in [-0.3, -0.25) is 4.72 Å². The maximum absolute atomic E-state index is 12.2. The largest absolute Gasteiger partial charge is 0.464 e. The first-order valence-corrected chi connectivity index (χ1v) is 7.96. The molecule has 0 radical (unpaired) electrons. The van der Waals surface area contributed by atoms with Gasteiger partial charge in [0.05, 0.1) is 24.7 Å². The van der Waals surface area contributed by atoms with Crippen LogP contribution in [0.1, 0.15) is 19.7 Å². The number of anilines is 1. The van der Waals surface area contributed by atoms with Crippen molar-refractivity contribution in [2.24, 2.45) is 0 Å². The Morgan fingerprint density at radius 1 is 1.29 bits per heavy atom. The fraction of sp³-hybridized carbons (Fsp3) is 0.417. The topological polar surface area (TPSA) is 99.0 Å². The van der Waals surface area contributed by atoms with E-state index in [9.17, 15) is 8.42 Å². The predicted octanol–water partition coefficient (Wildman–Crippen LogP) is 1.20. The number of hydrogen-bond acceptors (Lipinski definition) is 6. The molecule has 0 atom stereocenters. The highest BCUT2D eigenvalue weighted by Crippen LogP contribution is 2.15. The lowest BCUT2D eigenvalue weighted by molar-refractivity contribution is 0.312. The monoisotopic (exact) mass is 311 g/mol. The van der Waals surface area contributed by atoms with Crippen LogP contribution in [0, 0.1) is 6.92 Å². The van der Waals surface area contributed by atoms with Gasteiger partial charge in [0.2, 0.25) is 0 Å². The van der Waals surface area contributed by atoms with E-state index >= 15 is 0 Å². The highest BCUT2D eigenvalue weighted by Gasteiger charge is 2.19. The Hall–Kier alpha value is -2.16. The van der Waals surface area contributed by atoms with Crippen LogP contribution in [0.4, 0.5) is 5.69 Å². The fourth-order valence-electron chi connectivity index (χ4n) is 1.71. The summed E-state index contributed by atoms with van der Waals surface area (Å²) in [4.78, 5) is 11.8. The molecule has 0 aliphatic rings. The van der Waals surface area contributed by atoms with Gasteiger partial charge in [-0.1, -0.05) is 0 Å². The molecule has 0 fully saturated rings. The van der Waals surface area contributed by atoms with Crippen LogP contribution in [0.5, 0.6) is 6.01 Å². The molecule has 114 valence electrons. The van der Waals surface area contributed by atoms with Crippen LogP contribution >= 0.6 is 0 Å². The van der Waals surface area contributed by atoms with Crippen molar-refractivity contribution in [3.05, 3.63) is 24.4 Å². The van der Waals surface area contributed by atoms with E-state index in [-0.39, 0.29) is 16.7 Å². The number of rotatable bonds is 6. The van der Waals surface area contributed by atoms with Gasteiger partial charge in [-0.2, -0.15) is 8.42 Å². The summed E-state index contributed by atoms with van der Waals surface area (Å²) in [5.74, 6) is 0.640. The SMILES string of the molecule is CCOc1ncc(NS(=O)(=O)c2cn(CC)c(C)n2)cn1. The summed E-state index contributed by atoms with van der Waals surface area (Å²) < 4.78 is 33.7. The van der Waals surface area contributed by atoms with E-state index in [1.54, 1.807) is 11.5 Å². The molecule has 0 aliphatic carbocycles. The van der Waals surface area contributed by atoms with Crippen LogP contribution < -0.4 is 9.46 Å². The molecular formula is C12H17N5O3S. The molecule has 0 aliphatic heterocycles. The molecule has 0 saturated heterocycles. The molecule has 2 aromatic rings. The lowest BCUT2D eigenvalue weighted by Crippen LogP contribution is -2.14. The standard InChI is InChI=1S/C12H17N5O3S/c1-4-17-8-11(15-9(17)3)21(18,19)16-10-6-13-12(14-7-10)20-5-2/h6-8,16H,4-5H2,1-3H3. The van der Waals surface area contributed by atoms with Crippen molar-refractivity contribution in [2.45, 2.75) is 32.3 Å². The summed E-state index contributed by atoms with van der Waals surface area (Å²) in [6, 6.07) is 0.201. The summed E-state index contributed by atoms with van der Waals surface area (Å²) in [5.41, 5.74) is 0.252. The number of aromatic nitrogens is 4. The first kappa shape index (κ1) is 15.2. The summed E-state index contributed by atoms with van der Waals surface area (Å²) >= 11 is 0. The Bertz CT molecular complexity index is 709. The average Bonchev–Trinajstić information content (AvgIpc) is 2.83. The van der Waals surface area contributed by atoms with Crippen molar-refractivity contribution in [3.63, 3.8) is 0 Å². The summed E-state index contributed by atoms with van der Waals surface area (Å²) in [5, 5.41) is -0.0317. The first-order chi connectivity index (χ1) is 9.96. The van der Waals surface area contributed by atoms with Gasteiger partial charge in [0, 0.05) is 12.7 Å². The summed E-state index contributed by atoms with van der Waals surface area (Å²) in [6.07, 6.45) is 4.19. The molecule has 2 rings (SSSR count). The molecule has 2 aromatic heterocycles. The maximum atomic E-state index is 12.2. The molecule has 0 aromatic carbocycles. The molecule has 1 N–H and O–H groups in total. The van der Waals surface area contributed by atoms with Crippen LogP contribution in [-0.2, 0) is 16.6 Å². The van der Waals surface area contributed by atoms with Crippen molar-refractivity contribution < 1.29 is 13.2 Å². The molecule has 2 heterocycles. The molecule has 0 saturated carbocycles. The lowest BCUT2D eigenvalue weighted by Gasteiger charge is -2.05. The van der Waals surface area contributed by atoms with Crippen LogP contribution in [0.2, 0.25) is 0 Å². The van der Waals surface area contributed by atoms with E-state index in [1.165, 1.54) is 18.6 Å². The molecule has 0 amide bonds. The zero-order valence-corrected chi connectivity index (χ0v) is 12.9. The van der Waals surface area contributed by atoms with Crippen molar-refractivity contribution in [1.82, 2.24) is 19.5 Å². The molecule has 0 bridgehead atoms. The number of nitrogens with zero attached hydrogens (tertiary/aromatic N) is 4. The summed E-state index contributed by atoms with van der Waals surface area (Å²) in [6.45, 7) is 6.58. The molecule has 21 heavy (non-hydrogen) atoms. The third-order valence-corrected chi connectivity index (χ3v) is 3.98. The number of nitrogens with one attached hydrogen (secondary N) is 1. The lowest BCUT2D eigenvalue weighted by atomic mass is 10.6. The van der Waals surface area contributed by atoms with Crippen molar-refractivity contribution in [1.29, 1.82) is 0 Å². The quantitative estimate of drug-likeness (QED) is 0.860. The smallest absolute Gasteiger partial charge is 0.316 e. The minimum atomic E-state index is -3.75. The zero-order valence-electron chi connectivity index (χ0n) is 12.1. The second kappa shape index (κ2) is 6.08. The zero-order chi connectivity index (χ0) is 15.5. The number of imidazole rings is 1. The second-order valence-corrected chi connectivity index (χ2v) is 5.83. The molecular weight excluding hydrogens is 294 g/mol. The maximum Gasteiger partial charge on any atom is 0.316 e. The van der Waals surface area contributed by atoms with Gasteiger partial charge in [-0.25, -0.2) is 15.0 Å². The van der Waals surface area contributed by atoms with Gasteiger partial charge >= 0.3 is 6.01 Å². The van der Waals surface area contributed by atoms with E-state index in [0.29, 0.717) is 19.0 Å². The van der Waals surface area contributed by atoms with Crippen molar-refractivity contribution in [2.75, 3.05) is 11.3 Å². The normalized spacial score (nSPS) is 11.4. The van der Waals surface area contributed by atoms with Crippen LogP contribution in [0.25, 0.3) is 0 Å². The Labute approximate surface area is 123 Å². The number of aryl methyl sites for hydroxylation is 2. The van der Waals surface area contributed by atoms with Gasteiger partial charge in [0.1, 0.15) is 5.82 Å². The van der Waals surface area contributed by atoms with E-state index in [0.717, 1.165) is 0 Å².